The Balaban J connectivity index is 1.21. The third-order valence-electron chi connectivity index (χ3n) is 14.2. The Morgan fingerprint density at radius 1 is 0.286 bits per heavy atom. The van der Waals surface area contributed by atoms with Gasteiger partial charge < -0.3 is 9.13 Å². The molecule has 0 N–H and O–H groups in total. The van der Waals surface area contributed by atoms with Crippen molar-refractivity contribution in [3.63, 3.8) is 0 Å². The lowest BCUT2D eigenvalue weighted by molar-refractivity contribution is 1.18. The maximum atomic E-state index is 2.58. The van der Waals surface area contributed by atoms with Gasteiger partial charge in [0.1, 0.15) is 54.9 Å². The number of rotatable bonds is 6. The van der Waals surface area contributed by atoms with Gasteiger partial charge in [0.2, 0.25) is 0 Å². The van der Waals surface area contributed by atoms with Crippen LogP contribution in [0.5, 0.6) is 0 Å². The predicted molar refractivity (Wildman–Crippen MR) is 294 cm³/mol. The fourth-order valence-electron chi connectivity index (χ4n) is 10.7. The first-order valence-corrected chi connectivity index (χ1v) is 22.2. The Morgan fingerprint density at radius 2 is 0.778 bits per heavy atom. The summed E-state index contributed by atoms with van der Waals surface area (Å²) in [6, 6.07) is 64.5. The molecule has 0 aliphatic rings. The average molecular weight is 796 g/mol. The van der Waals surface area contributed by atoms with Crippen molar-refractivity contribution >= 4 is 137 Å². The summed E-state index contributed by atoms with van der Waals surface area (Å²) < 4.78 is 5.05. The Morgan fingerprint density at radius 3 is 1.38 bits per heavy atom. The molecule has 9 aromatic carbocycles. The third kappa shape index (κ3) is 6.04. The van der Waals surface area contributed by atoms with E-state index >= 15 is 0 Å². The van der Waals surface area contributed by atoms with Crippen molar-refractivity contribution < 1.29 is 0 Å². The Kier molecular flexibility index (Phi) is 9.35. The van der Waals surface area contributed by atoms with Crippen molar-refractivity contribution in [3.8, 4) is 55.9 Å². The van der Waals surface area contributed by atoms with Gasteiger partial charge >= 0.3 is 0 Å². The van der Waals surface area contributed by atoms with Crippen LogP contribution in [0.25, 0.3) is 99.5 Å². The van der Waals surface area contributed by atoms with E-state index in [0.29, 0.717) is 0 Å². The molecule has 11 rings (SSSR count). The number of benzene rings is 9. The van der Waals surface area contributed by atoms with Crippen LogP contribution >= 0.6 is 0 Å². The van der Waals surface area contributed by atoms with Crippen molar-refractivity contribution in [2.75, 3.05) is 0 Å². The Bertz CT molecular complexity index is 3630. The minimum absolute atomic E-state index is 1.15. The minimum Gasteiger partial charge on any atom is -0.310 e. The van der Waals surface area contributed by atoms with E-state index in [9.17, 15) is 0 Å². The second-order valence-electron chi connectivity index (χ2n) is 17.5. The summed E-state index contributed by atoms with van der Waals surface area (Å²) in [5.74, 6) is 0. The zero-order chi connectivity index (χ0) is 43.1. The van der Waals surface area contributed by atoms with Gasteiger partial charge in [0.15, 0.2) is 0 Å². The van der Waals surface area contributed by atoms with E-state index in [1.54, 1.807) is 0 Å². The highest BCUT2D eigenvalue weighted by molar-refractivity contribution is 6.69. The van der Waals surface area contributed by atoms with Gasteiger partial charge in [-0.1, -0.05) is 166 Å². The lowest BCUT2D eigenvalue weighted by atomic mass is 9.64. The summed E-state index contributed by atoms with van der Waals surface area (Å²) in [5.41, 5.74) is 26.6. The molecular weight excluding hydrogens is 752 g/mol. The van der Waals surface area contributed by atoms with Crippen molar-refractivity contribution in [1.82, 2.24) is 9.13 Å². The fraction of sp³-hybridized carbons (Fsp3) is 0. The Hall–Kier alpha value is -6.97. The summed E-state index contributed by atoms with van der Waals surface area (Å²) in [6.07, 6.45) is 0. The number of nitrogens with zero attached hydrogens (tertiary/aromatic N) is 2. The third-order valence-corrected chi connectivity index (χ3v) is 14.2. The molecule has 0 saturated heterocycles. The summed E-state index contributed by atoms with van der Waals surface area (Å²) >= 11 is 0. The predicted octanol–water partition coefficient (Wildman–Crippen LogP) is 2.36. The van der Waals surface area contributed by atoms with Crippen LogP contribution in [0.3, 0.4) is 0 Å². The van der Waals surface area contributed by atoms with Gasteiger partial charge in [-0.05, 0) is 92.4 Å². The summed E-state index contributed by atoms with van der Waals surface area (Å²) in [7, 11) is 16.3. The molecule has 9 heteroatoms. The van der Waals surface area contributed by atoms with E-state index in [1.165, 1.54) is 132 Å². The second-order valence-corrected chi connectivity index (χ2v) is 17.5. The molecule has 2 nitrogen and oxygen atoms in total. The monoisotopic (exact) mass is 796 g/mol. The van der Waals surface area contributed by atoms with E-state index in [2.05, 4.69) is 240 Å². The summed E-state index contributed by atoms with van der Waals surface area (Å²) in [6.45, 7) is 0. The molecule has 0 atom stereocenters. The first-order valence-electron chi connectivity index (χ1n) is 22.2. The largest absolute Gasteiger partial charge is 0.310 e. The van der Waals surface area contributed by atoms with Gasteiger partial charge in [0.25, 0.3) is 0 Å². The summed E-state index contributed by atoms with van der Waals surface area (Å²) in [5, 5.41) is 5.23. The van der Waals surface area contributed by atoms with Gasteiger partial charge in [-0.25, -0.2) is 0 Å². The molecule has 0 aliphatic heterocycles. The minimum atomic E-state index is 1.15. The summed E-state index contributed by atoms with van der Waals surface area (Å²) in [4.78, 5) is 0. The van der Waals surface area contributed by atoms with Crippen molar-refractivity contribution in [2.24, 2.45) is 0 Å². The highest BCUT2D eigenvalue weighted by Gasteiger charge is 2.26. The molecule has 0 amide bonds. The van der Waals surface area contributed by atoms with Crippen LogP contribution in [0, 0.1) is 0 Å². The normalized spacial score (nSPS) is 11.6. The van der Waals surface area contributed by atoms with Crippen molar-refractivity contribution in [1.29, 1.82) is 0 Å². The zero-order valence-corrected chi connectivity index (χ0v) is 37.1. The lowest BCUT2D eigenvalue weighted by Crippen LogP contribution is -2.48. The molecular formula is C54H43B7N2. The molecule has 0 saturated carbocycles. The number of aromatic nitrogens is 2. The molecule has 2 heterocycles. The second kappa shape index (κ2) is 15.1. The molecule has 11 aromatic rings. The van der Waals surface area contributed by atoms with Crippen LogP contribution in [-0.4, -0.2) is 64.1 Å². The molecule has 290 valence electrons. The first-order chi connectivity index (χ1) is 30.7. The highest BCUT2D eigenvalue weighted by atomic mass is 15.0. The van der Waals surface area contributed by atoms with E-state index in [-0.39, 0.29) is 0 Å². The SMILES string of the molecule is Bc1c(B)c(B)c2c(c1B)c1c(B)c(-c3ccc4c(c3)c3c(-c5ccccc5)cccc3n4-c3cccc(-c4ccccc4)c3)c(B)c(B)c1n2-c1cccc(-c2ccccc2)c1. The molecule has 63 heavy (non-hydrogen) atoms. The highest BCUT2D eigenvalue weighted by Crippen LogP contribution is 2.41. The van der Waals surface area contributed by atoms with E-state index in [0.717, 1.165) is 5.69 Å². The van der Waals surface area contributed by atoms with Gasteiger partial charge in [-0.15, -0.1) is 5.46 Å². The quantitative estimate of drug-likeness (QED) is 0.229. The molecule has 0 unspecified atom stereocenters. The van der Waals surface area contributed by atoms with Crippen molar-refractivity contribution in [3.05, 3.63) is 176 Å². The average Bonchev–Trinajstić information content (AvgIpc) is 3.87. The lowest BCUT2D eigenvalue weighted by Gasteiger charge is -2.19. The van der Waals surface area contributed by atoms with Crippen LogP contribution in [0.4, 0.5) is 0 Å². The van der Waals surface area contributed by atoms with E-state index in [4.69, 9.17) is 0 Å². The van der Waals surface area contributed by atoms with Crippen LogP contribution in [0.1, 0.15) is 0 Å². The van der Waals surface area contributed by atoms with Crippen LogP contribution < -0.4 is 38.2 Å². The topological polar surface area (TPSA) is 9.86 Å². The molecule has 0 bridgehead atoms. The van der Waals surface area contributed by atoms with Gasteiger partial charge in [0, 0.05) is 38.6 Å². The van der Waals surface area contributed by atoms with Gasteiger partial charge in [-0.2, -0.15) is 0 Å². The molecule has 2 aromatic heterocycles. The first kappa shape index (κ1) is 38.9. The van der Waals surface area contributed by atoms with Crippen molar-refractivity contribution in [2.45, 2.75) is 0 Å². The number of hydrogen-bond donors (Lipinski definition) is 0. The maximum Gasteiger partial charge on any atom is 0.141 e. The van der Waals surface area contributed by atoms with E-state index < -0.39 is 0 Å². The molecule has 0 fully saturated rings. The standard InChI is InChI=1S/C54H43B7N2/c55-46-42(47(56)51(60)53-44(46)45-48(57)49(58)50(59)52(61)54(45)63(53)37-22-11-20-34(28-37)31-15-6-2-7-16-31)35-25-26-40-39(29-35)43-38(32-17-8-3-9-18-32)23-12-24-41(43)62(40)36-21-10-19-33(27-36)30-13-4-1-5-14-30/h1-29H,55-61H2. The fourth-order valence-corrected chi connectivity index (χ4v) is 10.7. The zero-order valence-electron chi connectivity index (χ0n) is 37.1. The molecule has 0 spiro atoms. The molecule has 0 aliphatic carbocycles. The number of hydrogen-bond acceptors (Lipinski definition) is 0. The number of fused-ring (bicyclic) bond motifs is 6. The molecule has 0 radical (unpaired) electrons. The maximum absolute atomic E-state index is 2.58. The van der Waals surface area contributed by atoms with Crippen LogP contribution in [0.2, 0.25) is 0 Å². The Labute approximate surface area is 375 Å². The van der Waals surface area contributed by atoms with E-state index in [1.807, 2.05) is 0 Å². The van der Waals surface area contributed by atoms with Crippen LogP contribution in [-0.2, 0) is 0 Å². The van der Waals surface area contributed by atoms with Crippen LogP contribution in [0.15, 0.2) is 176 Å². The van der Waals surface area contributed by atoms with Gasteiger partial charge in [-0.3, -0.25) is 0 Å². The van der Waals surface area contributed by atoms with Gasteiger partial charge in [0.05, 0.1) is 11.0 Å². The smallest absolute Gasteiger partial charge is 0.141 e.